The quantitative estimate of drug-likeness (QED) is 0.341. The Labute approximate surface area is 191 Å². The van der Waals surface area contributed by atoms with Crippen molar-refractivity contribution in [3.05, 3.63) is 69.7 Å². The number of aryl methyl sites for hydroxylation is 2. The molecule has 0 saturated carbocycles. The van der Waals surface area contributed by atoms with E-state index in [1.165, 1.54) is 11.8 Å². The van der Waals surface area contributed by atoms with Crippen molar-refractivity contribution < 1.29 is 9.59 Å². The van der Waals surface area contributed by atoms with E-state index in [0.717, 1.165) is 16.7 Å². The Morgan fingerprint density at radius 3 is 2.55 bits per heavy atom. The summed E-state index contributed by atoms with van der Waals surface area (Å²) in [4.78, 5) is 24.8. The van der Waals surface area contributed by atoms with Crippen molar-refractivity contribution in [2.75, 3.05) is 5.32 Å². The topological polar surface area (TPSA) is 76.9 Å². The fourth-order valence-corrected chi connectivity index (χ4v) is 4.29. The van der Waals surface area contributed by atoms with Crippen LogP contribution in [0.15, 0.2) is 47.6 Å². The molecule has 0 radical (unpaired) electrons. The van der Waals surface area contributed by atoms with Gasteiger partial charge in [0.25, 0.3) is 0 Å². The van der Waals surface area contributed by atoms with E-state index < -0.39 is 0 Å². The maximum Gasteiger partial charge on any atom is 0.231 e. The van der Waals surface area contributed by atoms with Crippen LogP contribution in [-0.4, -0.2) is 26.5 Å². The monoisotopic (exact) mass is 456 g/mol. The SMILES string of the molecule is CCn1c(NC(=O)CCC(=O)c2ccc(C)c(C)c2)nnc1SCc1ccccc1Cl. The zero-order valence-electron chi connectivity index (χ0n) is 17.8. The lowest BCUT2D eigenvalue weighted by Gasteiger charge is -2.09. The number of thioether (sulfide) groups is 1. The molecule has 6 nitrogen and oxygen atoms in total. The third-order valence-electron chi connectivity index (χ3n) is 5.01. The summed E-state index contributed by atoms with van der Waals surface area (Å²) in [7, 11) is 0. The summed E-state index contributed by atoms with van der Waals surface area (Å²) in [5, 5.41) is 12.5. The number of nitrogens with zero attached hydrogens (tertiary/aromatic N) is 3. The average Bonchev–Trinajstić information content (AvgIpc) is 3.14. The second-order valence-corrected chi connectivity index (χ2v) is 8.55. The van der Waals surface area contributed by atoms with Crippen LogP contribution < -0.4 is 5.32 Å². The standard InChI is InChI=1S/C23H25ClN4O2S/c1-4-28-22(26-27-23(28)31-14-18-7-5-6-8-19(18)24)25-21(30)12-11-20(29)17-10-9-15(2)16(3)13-17/h5-10,13H,4,11-12,14H2,1-3H3,(H,25,26,30). The molecule has 8 heteroatoms. The van der Waals surface area contributed by atoms with Crippen LogP contribution in [0.3, 0.4) is 0 Å². The van der Waals surface area contributed by atoms with E-state index in [9.17, 15) is 9.59 Å². The van der Waals surface area contributed by atoms with E-state index in [4.69, 9.17) is 11.6 Å². The Bertz CT molecular complexity index is 1100. The van der Waals surface area contributed by atoms with Crippen LogP contribution in [0, 0.1) is 13.8 Å². The van der Waals surface area contributed by atoms with Gasteiger partial charge in [0.05, 0.1) is 0 Å². The molecule has 1 aromatic heterocycles. The molecular weight excluding hydrogens is 432 g/mol. The molecule has 0 aliphatic rings. The number of ketones is 1. The molecular formula is C23H25ClN4O2S. The van der Waals surface area contributed by atoms with Gasteiger partial charge in [-0.1, -0.05) is 53.7 Å². The van der Waals surface area contributed by atoms with Gasteiger partial charge in [0.15, 0.2) is 10.9 Å². The third-order valence-corrected chi connectivity index (χ3v) is 6.39. The molecule has 0 aliphatic heterocycles. The highest BCUT2D eigenvalue weighted by Gasteiger charge is 2.16. The lowest BCUT2D eigenvalue weighted by atomic mass is 10.0. The Hall–Kier alpha value is -2.64. The minimum Gasteiger partial charge on any atom is -0.295 e. The van der Waals surface area contributed by atoms with E-state index in [2.05, 4.69) is 15.5 Å². The lowest BCUT2D eigenvalue weighted by Crippen LogP contribution is -2.17. The number of amides is 1. The van der Waals surface area contributed by atoms with E-state index in [1.54, 1.807) is 6.07 Å². The van der Waals surface area contributed by atoms with Crippen LogP contribution >= 0.6 is 23.4 Å². The number of aromatic nitrogens is 3. The van der Waals surface area contributed by atoms with Crippen molar-refractivity contribution in [1.82, 2.24) is 14.8 Å². The molecule has 1 amide bonds. The second-order valence-electron chi connectivity index (χ2n) is 7.20. The van der Waals surface area contributed by atoms with Gasteiger partial charge < -0.3 is 0 Å². The number of carbonyl (C=O) groups excluding carboxylic acids is 2. The second kappa shape index (κ2) is 10.6. The van der Waals surface area contributed by atoms with E-state index >= 15 is 0 Å². The van der Waals surface area contributed by atoms with Crippen molar-refractivity contribution >= 4 is 41.0 Å². The molecule has 0 aliphatic carbocycles. The highest BCUT2D eigenvalue weighted by atomic mass is 35.5. The molecule has 0 unspecified atom stereocenters. The molecule has 3 rings (SSSR count). The number of benzene rings is 2. The van der Waals surface area contributed by atoms with Crippen LogP contribution in [0.25, 0.3) is 0 Å². The number of hydrogen-bond donors (Lipinski definition) is 1. The Morgan fingerprint density at radius 2 is 1.84 bits per heavy atom. The summed E-state index contributed by atoms with van der Waals surface area (Å²) in [6.45, 7) is 6.54. The van der Waals surface area contributed by atoms with Crippen molar-refractivity contribution in [3.8, 4) is 0 Å². The summed E-state index contributed by atoms with van der Waals surface area (Å²) >= 11 is 7.72. The van der Waals surface area contributed by atoms with Crippen LogP contribution in [0.5, 0.6) is 0 Å². The molecule has 0 atom stereocenters. The van der Waals surface area contributed by atoms with Gasteiger partial charge in [0, 0.05) is 35.7 Å². The van der Waals surface area contributed by atoms with Gasteiger partial charge in [0.1, 0.15) is 0 Å². The van der Waals surface area contributed by atoms with Crippen LogP contribution in [0.4, 0.5) is 5.95 Å². The number of halogens is 1. The molecule has 0 fully saturated rings. The molecule has 1 heterocycles. The third kappa shape index (κ3) is 5.95. The molecule has 2 aromatic carbocycles. The largest absolute Gasteiger partial charge is 0.295 e. The first-order valence-electron chi connectivity index (χ1n) is 10.1. The summed E-state index contributed by atoms with van der Waals surface area (Å²) < 4.78 is 1.84. The maximum absolute atomic E-state index is 12.4. The van der Waals surface area contributed by atoms with Gasteiger partial charge in [-0.25, -0.2) is 0 Å². The first kappa shape index (κ1) is 23.0. The minimum atomic E-state index is -0.262. The molecule has 1 N–H and O–H groups in total. The number of nitrogens with one attached hydrogen (secondary N) is 1. The highest BCUT2D eigenvalue weighted by molar-refractivity contribution is 7.98. The van der Waals surface area contributed by atoms with Gasteiger partial charge in [-0.2, -0.15) is 0 Å². The van der Waals surface area contributed by atoms with E-state index in [1.807, 2.05) is 61.7 Å². The number of carbonyl (C=O) groups is 2. The smallest absolute Gasteiger partial charge is 0.231 e. The first-order chi connectivity index (χ1) is 14.9. The maximum atomic E-state index is 12.4. The predicted molar refractivity (Wildman–Crippen MR) is 125 cm³/mol. The Balaban J connectivity index is 1.57. The van der Waals surface area contributed by atoms with Crippen LogP contribution in [0.1, 0.15) is 46.8 Å². The zero-order valence-corrected chi connectivity index (χ0v) is 19.4. The molecule has 0 spiro atoms. The number of rotatable bonds is 9. The van der Waals surface area contributed by atoms with Gasteiger partial charge in [-0.05, 0) is 49.6 Å². The minimum absolute atomic E-state index is 0.0498. The van der Waals surface area contributed by atoms with Gasteiger partial charge >= 0.3 is 0 Å². The van der Waals surface area contributed by atoms with Gasteiger partial charge in [-0.15, -0.1) is 10.2 Å². The van der Waals surface area contributed by atoms with E-state index in [-0.39, 0.29) is 24.5 Å². The number of anilines is 1. The van der Waals surface area contributed by atoms with Crippen LogP contribution in [0.2, 0.25) is 5.02 Å². The molecule has 0 saturated heterocycles. The fourth-order valence-electron chi connectivity index (χ4n) is 3.00. The fraction of sp³-hybridized carbons (Fsp3) is 0.304. The first-order valence-corrected chi connectivity index (χ1v) is 11.4. The van der Waals surface area contributed by atoms with Crippen molar-refractivity contribution in [2.45, 2.75) is 51.1 Å². The van der Waals surface area contributed by atoms with Crippen molar-refractivity contribution in [1.29, 1.82) is 0 Å². The Kier molecular flexibility index (Phi) is 7.87. The normalized spacial score (nSPS) is 10.8. The van der Waals surface area contributed by atoms with Crippen LogP contribution in [-0.2, 0) is 17.1 Å². The highest BCUT2D eigenvalue weighted by Crippen LogP contribution is 2.27. The van der Waals surface area contributed by atoms with E-state index in [0.29, 0.717) is 34.0 Å². The number of hydrogen-bond acceptors (Lipinski definition) is 5. The molecule has 31 heavy (non-hydrogen) atoms. The Morgan fingerprint density at radius 1 is 1.06 bits per heavy atom. The molecule has 0 bridgehead atoms. The lowest BCUT2D eigenvalue weighted by molar-refractivity contribution is -0.116. The molecule has 162 valence electrons. The molecule has 3 aromatic rings. The predicted octanol–water partition coefficient (Wildman–Crippen LogP) is 5.46. The average molecular weight is 457 g/mol. The van der Waals surface area contributed by atoms with Crippen molar-refractivity contribution in [2.24, 2.45) is 0 Å². The summed E-state index contributed by atoms with van der Waals surface area (Å²) in [6, 6.07) is 13.3. The summed E-state index contributed by atoms with van der Waals surface area (Å²) in [5.74, 6) is 0.719. The van der Waals surface area contributed by atoms with Gasteiger partial charge in [0.2, 0.25) is 11.9 Å². The van der Waals surface area contributed by atoms with Crippen molar-refractivity contribution in [3.63, 3.8) is 0 Å². The summed E-state index contributed by atoms with van der Waals surface area (Å²) in [6.07, 6.45) is 0.229. The summed E-state index contributed by atoms with van der Waals surface area (Å²) in [5.41, 5.74) is 3.84. The number of Topliss-reactive ketones (excluding diaryl/α,β-unsaturated/α-hetero) is 1. The van der Waals surface area contributed by atoms with Gasteiger partial charge in [-0.3, -0.25) is 19.5 Å². The zero-order chi connectivity index (χ0) is 22.4.